The highest BCUT2D eigenvalue weighted by atomic mass is 127. The number of hydrogen-bond acceptors (Lipinski definition) is 24. The molecular formula is C66H86Cl2I2N10O16. The zero-order valence-corrected chi connectivity index (χ0v) is 59.8. The number of aldehydes is 8. The van der Waals surface area contributed by atoms with Crippen LogP contribution in [0.1, 0.15) is 87.2 Å². The Labute approximate surface area is 597 Å². The summed E-state index contributed by atoms with van der Waals surface area (Å²) < 4.78 is 34.1. The maximum Gasteiger partial charge on any atom is 0.309 e. The molecule has 0 aliphatic rings. The molecule has 4 aromatic rings. The number of nitrogens with zero attached hydrogens (tertiary/aromatic N) is 8. The van der Waals surface area contributed by atoms with Crippen molar-refractivity contribution in [3.8, 4) is 11.5 Å². The minimum absolute atomic E-state index is 0.286. The number of methoxy groups -OCH3 is 2. The van der Waals surface area contributed by atoms with Crippen molar-refractivity contribution in [2.24, 2.45) is 39.9 Å². The maximum atomic E-state index is 10.8. The van der Waals surface area contributed by atoms with Gasteiger partial charge in [0.25, 0.3) is 0 Å². The summed E-state index contributed by atoms with van der Waals surface area (Å²) in [5.41, 5.74) is 2.12. The molecule has 0 saturated heterocycles. The summed E-state index contributed by atoms with van der Waals surface area (Å²) in [7, 11) is 2.90. The molecule has 30 heteroatoms. The molecule has 2 amide bonds. The van der Waals surface area contributed by atoms with Crippen LogP contribution in [0.25, 0.3) is 0 Å². The molecule has 0 saturated carbocycles. The third-order valence-corrected chi connectivity index (χ3v) is 12.5. The quantitative estimate of drug-likeness (QED) is 0.0104. The lowest BCUT2D eigenvalue weighted by Crippen LogP contribution is -2.41. The van der Waals surface area contributed by atoms with E-state index in [0.717, 1.165) is 122 Å². The van der Waals surface area contributed by atoms with Gasteiger partial charge >= 0.3 is 11.8 Å². The van der Waals surface area contributed by atoms with Crippen LogP contribution in [-0.4, -0.2) is 199 Å². The van der Waals surface area contributed by atoms with Crippen LogP contribution in [0.5, 0.6) is 11.5 Å². The van der Waals surface area contributed by atoms with Gasteiger partial charge < -0.3 is 38.4 Å². The van der Waals surface area contributed by atoms with Gasteiger partial charge in [0.15, 0.2) is 61.8 Å². The molecule has 2 N–H and O–H groups in total. The van der Waals surface area contributed by atoms with Gasteiger partial charge in [-0.05, 0) is 67.4 Å². The Morgan fingerprint density at radius 3 is 1.10 bits per heavy atom. The number of carbonyl (C=O) groups is 10. The summed E-state index contributed by atoms with van der Waals surface area (Å²) in [6.45, 7) is 6.01. The Hall–Kier alpha value is -7.78. The average molecular weight is 1600 g/mol. The molecule has 2 heterocycles. The minimum Gasteiger partial charge on any atom is -0.491 e. The van der Waals surface area contributed by atoms with Crippen LogP contribution in [-0.2, 0) is 83.4 Å². The Bertz CT molecular complexity index is 2800. The number of hydrogen-bond donors (Lipinski definition) is 2. The number of halogens is 4. The first-order valence-corrected chi connectivity index (χ1v) is 34.2. The summed E-state index contributed by atoms with van der Waals surface area (Å²) >= 11 is 15.2. The molecule has 0 bridgehead atoms. The first-order chi connectivity index (χ1) is 47.0. The molecule has 0 aliphatic carbocycles. The first-order valence-electron chi connectivity index (χ1n) is 30.1. The zero-order chi connectivity index (χ0) is 71.0. The maximum absolute atomic E-state index is 10.8. The largest absolute Gasteiger partial charge is 0.491 e. The van der Waals surface area contributed by atoms with Crippen molar-refractivity contribution >= 4 is 203 Å². The van der Waals surface area contributed by atoms with E-state index in [0.29, 0.717) is 97.9 Å². The molecule has 96 heavy (non-hydrogen) atoms. The van der Waals surface area contributed by atoms with Gasteiger partial charge in [-0.3, -0.25) is 77.9 Å². The number of alkyl halides is 4. The van der Waals surface area contributed by atoms with E-state index in [2.05, 4.69) is 95.8 Å². The molecule has 0 atom stereocenters. The van der Waals surface area contributed by atoms with Crippen LogP contribution in [0.4, 0.5) is 22.7 Å². The minimum atomic E-state index is -0.680. The van der Waals surface area contributed by atoms with Crippen molar-refractivity contribution in [1.29, 1.82) is 0 Å². The fraction of sp³-hybridized carbons (Fsp3) is 0.424. The third-order valence-electron chi connectivity index (χ3n) is 11.2. The van der Waals surface area contributed by atoms with E-state index >= 15 is 0 Å². The number of nitrogens with one attached hydrogen (secondary N) is 2. The van der Waals surface area contributed by atoms with Gasteiger partial charge in [-0.25, -0.2) is 9.98 Å². The number of ether oxygens (including phenoxy) is 4. The molecule has 2 aromatic carbocycles. The van der Waals surface area contributed by atoms with Crippen molar-refractivity contribution in [2.45, 2.75) is 90.1 Å². The second-order valence-corrected chi connectivity index (χ2v) is 21.2. The van der Waals surface area contributed by atoms with Gasteiger partial charge in [-0.15, -0.1) is 23.2 Å². The molecule has 524 valence electrons. The lowest BCUT2D eigenvalue weighted by Gasteiger charge is -2.11. The normalized spacial score (nSPS) is 10.8. The third kappa shape index (κ3) is 53.5. The smallest absolute Gasteiger partial charge is 0.309 e. The van der Waals surface area contributed by atoms with Crippen LogP contribution in [0, 0.1) is 0 Å². The second-order valence-electron chi connectivity index (χ2n) is 18.2. The topological polar surface area (TPSA) is 357 Å². The van der Waals surface area contributed by atoms with E-state index in [1.54, 1.807) is 36.4 Å². The summed E-state index contributed by atoms with van der Waals surface area (Å²) in [4.78, 5) is 134. The number of aliphatic imine (C=N–C) groups is 8. The number of rotatable bonds is 45. The van der Waals surface area contributed by atoms with Gasteiger partial charge in [0.2, 0.25) is 0 Å². The molecule has 0 spiro atoms. The lowest BCUT2D eigenvalue weighted by molar-refractivity contribution is -0.139. The monoisotopic (exact) mass is 1600 g/mol. The molecule has 0 fully saturated rings. The SMILES string of the molecule is COc1c(N=CC=O)ccc(N=CC=O)c1OC.ICCOCCOCCI.O=C(NCCCl)C(=O)NCCCl.O=CC=NCCCCCCCCCCCCN=CC=O.O=CC=NCc1ccc(CCc2ccc(CN=CC=O)o2)o1.O=CC=Nc1cccc(N=CC=O)c1. The van der Waals surface area contributed by atoms with Gasteiger partial charge in [0.05, 0.1) is 115 Å². The fourth-order valence-electron chi connectivity index (χ4n) is 7.12. The molecule has 26 nitrogen and oxygen atoms in total. The number of furan rings is 2. The molecule has 0 aliphatic heterocycles. The standard InChI is InChI=1S/C16H16N2O4.C16H28N2O2.C12H12N2O4.C10H8N2O2.C6H10Cl2N2O2.C6H12I2O2/c19-9-7-17-11-15-5-3-13(21-15)1-2-14-4-6-16(22-14)12-18-8-10-20;19-15-13-17-11-9-7-5-3-1-2-4-6-8-10-12-18-14-16-20;1-17-11-9(13-5-7-15)3-4-10(12(11)18-2)14-6-8-16;13-6-4-11-9-2-1-3-10(8-9)12-5-7-14;7-1-3-9-5(11)6(12)10-4-2-8;7-1-3-9-5-6-10-4-2-8/h3-10H,1-2,11-12H2;13-16H,1-12H2;3-8H,1-2H3;1-8H;1-4H2,(H,9,11)(H,10,12);1-6H2. The summed E-state index contributed by atoms with van der Waals surface area (Å²) in [6, 6.07) is 17.6. The highest BCUT2D eigenvalue weighted by Gasteiger charge is 2.14. The van der Waals surface area contributed by atoms with Crippen LogP contribution in [0.2, 0.25) is 0 Å². The number of benzene rings is 2. The Kier molecular flexibility index (Phi) is 65.9. The number of aryl methyl sites for hydroxylation is 2. The van der Waals surface area contributed by atoms with Crippen LogP contribution in [0.15, 0.2) is 109 Å². The van der Waals surface area contributed by atoms with E-state index in [9.17, 15) is 47.9 Å². The number of amides is 2. The summed E-state index contributed by atoms with van der Waals surface area (Å²) in [5, 5.41) is 4.63. The van der Waals surface area contributed by atoms with E-state index in [1.807, 2.05) is 24.3 Å². The van der Waals surface area contributed by atoms with Gasteiger partial charge in [0, 0.05) is 59.6 Å². The van der Waals surface area contributed by atoms with Crippen LogP contribution >= 0.6 is 68.4 Å². The Morgan fingerprint density at radius 2 is 0.771 bits per heavy atom. The van der Waals surface area contributed by atoms with Crippen molar-refractivity contribution in [2.75, 3.05) is 87.4 Å². The predicted octanol–water partition coefficient (Wildman–Crippen LogP) is 10.2. The highest BCUT2D eigenvalue weighted by molar-refractivity contribution is 14.1. The van der Waals surface area contributed by atoms with Crippen LogP contribution in [0.3, 0.4) is 0 Å². The van der Waals surface area contributed by atoms with Crippen molar-refractivity contribution < 1.29 is 75.7 Å². The van der Waals surface area contributed by atoms with Gasteiger partial charge in [-0.1, -0.05) is 103 Å². The van der Waals surface area contributed by atoms with Crippen molar-refractivity contribution in [1.82, 2.24) is 10.6 Å². The van der Waals surface area contributed by atoms with Crippen molar-refractivity contribution in [3.63, 3.8) is 0 Å². The Morgan fingerprint density at radius 1 is 0.438 bits per heavy atom. The second kappa shape index (κ2) is 70.0. The Balaban J connectivity index is 0. The first kappa shape index (κ1) is 90.3. The van der Waals surface area contributed by atoms with Crippen molar-refractivity contribution in [3.05, 3.63) is 83.7 Å². The summed E-state index contributed by atoms with van der Waals surface area (Å²) in [5.74, 6) is 3.02. The zero-order valence-electron chi connectivity index (χ0n) is 54.0. The molecule has 0 unspecified atom stereocenters. The van der Waals surface area contributed by atoms with Crippen LogP contribution < -0.4 is 20.1 Å². The highest BCUT2D eigenvalue weighted by Crippen LogP contribution is 2.43. The average Bonchev–Trinajstić information content (AvgIpc) is 1.13. The van der Waals surface area contributed by atoms with Gasteiger partial charge in [-0.2, -0.15) is 0 Å². The fourth-order valence-corrected chi connectivity index (χ4v) is 7.93. The van der Waals surface area contributed by atoms with Gasteiger partial charge in [0.1, 0.15) is 34.4 Å². The number of carbonyl (C=O) groups excluding carboxylic acids is 10. The molecule has 0 radical (unpaired) electrons. The lowest BCUT2D eigenvalue weighted by atomic mass is 10.1. The molecule has 4 rings (SSSR count). The van der Waals surface area contributed by atoms with E-state index in [-0.39, 0.29) is 24.8 Å². The summed E-state index contributed by atoms with van der Waals surface area (Å²) in [6.07, 6.45) is 28.5. The molecule has 2 aromatic heterocycles. The predicted molar refractivity (Wildman–Crippen MR) is 396 cm³/mol. The van der Waals surface area contributed by atoms with E-state index in [4.69, 9.17) is 51.0 Å². The number of unbranched alkanes of at least 4 members (excludes halogenated alkanes) is 9. The molecular weight excluding hydrogens is 1510 g/mol. The van der Waals surface area contributed by atoms with E-state index in [1.165, 1.54) is 90.4 Å². The van der Waals surface area contributed by atoms with E-state index < -0.39 is 11.8 Å².